The van der Waals surface area contributed by atoms with Crippen molar-refractivity contribution in [2.75, 3.05) is 19.4 Å². The van der Waals surface area contributed by atoms with Crippen LogP contribution < -0.4 is 5.32 Å². The molecule has 9 heteroatoms. The van der Waals surface area contributed by atoms with Gasteiger partial charge >= 0.3 is 0 Å². The summed E-state index contributed by atoms with van der Waals surface area (Å²) in [4.78, 5) is 18.5. The van der Waals surface area contributed by atoms with Crippen molar-refractivity contribution in [1.82, 2.24) is 9.29 Å². The Morgan fingerprint density at radius 2 is 2.15 bits per heavy atom. The maximum Gasteiger partial charge on any atom is 0.259 e. The van der Waals surface area contributed by atoms with Crippen LogP contribution >= 0.6 is 22.9 Å². The number of aryl methyl sites for hydroxylation is 1. The number of fused-ring (bicyclic) bond motifs is 1. The van der Waals surface area contributed by atoms with Gasteiger partial charge in [-0.25, -0.2) is 17.7 Å². The van der Waals surface area contributed by atoms with E-state index in [1.807, 2.05) is 0 Å². The van der Waals surface area contributed by atoms with E-state index in [0.717, 1.165) is 35.7 Å². The number of nitrogens with zero attached hydrogens (tertiary/aromatic N) is 2. The van der Waals surface area contributed by atoms with Crippen LogP contribution in [0.3, 0.4) is 0 Å². The van der Waals surface area contributed by atoms with Gasteiger partial charge in [0.1, 0.15) is 0 Å². The monoisotopic (exact) mass is 427 g/mol. The molecule has 1 aliphatic carbocycles. The first-order chi connectivity index (χ1) is 12.7. The Kier molecular flexibility index (Phi) is 5.90. The lowest BCUT2D eigenvalue weighted by Crippen LogP contribution is -2.23. The summed E-state index contributed by atoms with van der Waals surface area (Å²) in [5.41, 5.74) is 1.16. The van der Waals surface area contributed by atoms with Gasteiger partial charge in [-0.3, -0.25) is 10.1 Å². The second-order valence-corrected chi connectivity index (χ2v) is 10.4. The molecule has 27 heavy (non-hydrogen) atoms. The third kappa shape index (κ3) is 4.18. The summed E-state index contributed by atoms with van der Waals surface area (Å²) in [5, 5.41) is 3.49. The van der Waals surface area contributed by atoms with E-state index in [-0.39, 0.29) is 15.5 Å². The summed E-state index contributed by atoms with van der Waals surface area (Å²) in [6.45, 7) is 2.19. The van der Waals surface area contributed by atoms with Gasteiger partial charge in [0, 0.05) is 19.0 Å². The number of hydrogen-bond acceptors (Lipinski definition) is 5. The normalized spacial score (nSPS) is 17.0. The summed E-state index contributed by atoms with van der Waals surface area (Å²) >= 11 is 7.62. The van der Waals surface area contributed by atoms with Crippen LogP contribution in [-0.2, 0) is 22.9 Å². The molecule has 1 amide bonds. The van der Waals surface area contributed by atoms with Crippen LogP contribution in [0.1, 0.15) is 40.7 Å². The van der Waals surface area contributed by atoms with Crippen LogP contribution in [0.5, 0.6) is 0 Å². The number of thiazole rings is 1. The highest BCUT2D eigenvalue weighted by atomic mass is 35.5. The smallest absolute Gasteiger partial charge is 0.259 e. The number of rotatable bonds is 5. The maximum atomic E-state index is 12.7. The van der Waals surface area contributed by atoms with Gasteiger partial charge in [0.25, 0.3) is 5.91 Å². The Hall–Kier alpha value is -1.48. The summed E-state index contributed by atoms with van der Waals surface area (Å²) < 4.78 is 25.7. The van der Waals surface area contributed by atoms with E-state index in [1.165, 1.54) is 48.5 Å². The summed E-state index contributed by atoms with van der Waals surface area (Å²) in [7, 11) is -0.777. The molecular weight excluding hydrogens is 406 g/mol. The fourth-order valence-corrected chi connectivity index (χ4v) is 5.31. The minimum absolute atomic E-state index is 0.0197. The standard InChI is InChI=1S/C18H22ClN3O3S2/c1-4-11-5-8-15-16(9-11)26-18(20-15)21-17(23)13-10-12(6-7-14(13)19)27(24,25)22(2)3/h6-7,10-11H,4-5,8-9H2,1-3H3,(H,20,21,23). The molecule has 0 aliphatic heterocycles. The fraction of sp³-hybridized carbons (Fsp3) is 0.444. The highest BCUT2D eigenvalue weighted by molar-refractivity contribution is 7.89. The molecule has 1 aliphatic rings. The van der Waals surface area contributed by atoms with E-state index in [1.54, 1.807) is 0 Å². The van der Waals surface area contributed by atoms with Crippen molar-refractivity contribution in [3.05, 3.63) is 39.4 Å². The zero-order valence-electron chi connectivity index (χ0n) is 15.5. The van der Waals surface area contributed by atoms with Crippen LogP contribution in [0.25, 0.3) is 0 Å². The Labute approximate surface area is 168 Å². The Morgan fingerprint density at radius 1 is 1.41 bits per heavy atom. The molecule has 1 heterocycles. The molecule has 0 spiro atoms. The molecule has 0 fully saturated rings. The van der Waals surface area contributed by atoms with Crippen molar-refractivity contribution in [3.63, 3.8) is 0 Å². The second kappa shape index (κ2) is 7.87. The van der Waals surface area contributed by atoms with Crippen LogP contribution in [0.4, 0.5) is 5.13 Å². The van der Waals surface area contributed by atoms with E-state index in [4.69, 9.17) is 11.6 Å². The van der Waals surface area contributed by atoms with Crippen molar-refractivity contribution < 1.29 is 13.2 Å². The average molecular weight is 428 g/mol. The van der Waals surface area contributed by atoms with Crippen molar-refractivity contribution in [2.45, 2.75) is 37.5 Å². The minimum Gasteiger partial charge on any atom is -0.298 e. The maximum absolute atomic E-state index is 12.7. The number of benzene rings is 1. The van der Waals surface area contributed by atoms with Crippen molar-refractivity contribution in [1.29, 1.82) is 0 Å². The summed E-state index contributed by atoms with van der Waals surface area (Å²) in [6.07, 6.45) is 4.19. The predicted octanol–water partition coefficient (Wildman–Crippen LogP) is 3.81. The van der Waals surface area contributed by atoms with E-state index in [0.29, 0.717) is 11.0 Å². The zero-order chi connectivity index (χ0) is 19.8. The minimum atomic E-state index is -3.65. The number of aromatic nitrogens is 1. The SMILES string of the molecule is CCC1CCc2nc(NC(=O)c3cc(S(=O)(=O)N(C)C)ccc3Cl)sc2C1. The van der Waals surface area contributed by atoms with Gasteiger partial charge in [-0.05, 0) is 43.4 Å². The van der Waals surface area contributed by atoms with Crippen molar-refractivity contribution in [2.24, 2.45) is 5.92 Å². The van der Waals surface area contributed by atoms with Gasteiger partial charge in [0.05, 0.1) is 21.2 Å². The molecular formula is C18H22ClN3O3S2. The largest absolute Gasteiger partial charge is 0.298 e. The molecule has 6 nitrogen and oxygen atoms in total. The quantitative estimate of drug-likeness (QED) is 0.786. The molecule has 1 atom stereocenters. The lowest BCUT2D eigenvalue weighted by molar-refractivity contribution is 0.102. The zero-order valence-corrected chi connectivity index (χ0v) is 17.8. The van der Waals surface area contributed by atoms with Crippen molar-refractivity contribution in [3.8, 4) is 0 Å². The molecule has 1 aromatic heterocycles. The lowest BCUT2D eigenvalue weighted by atomic mass is 9.89. The molecule has 0 bridgehead atoms. The Bertz CT molecular complexity index is 970. The number of sulfonamides is 1. The van der Waals surface area contributed by atoms with Crippen molar-refractivity contribution >= 4 is 44.0 Å². The van der Waals surface area contributed by atoms with Crippen LogP contribution in [0, 0.1) is 5.92 Å². The third-order valence-electron chi connectivity index (χ3n) is 4.80. The topological polar surface area (TPSA) is 79.4 Å². The Balaban J connectivity index is 1.84. The highest BCUT2D eigenvalue weighted by Gasteiger charge is 2.24. The number of hydrogen-bond donors (Lipinski definition) is 1. The first-order valence-electron chi connectivity index (χ1n) is 8.74. The molecule has 1 unspecified atom stereocenters. The van der Waals surface area contributed by atoms with E-state index >= 15 is 0 Å². The molecule has 0 saturated carbocycles. The third-order valence-corrected chi connectivity index (χ3v) is 7.98. The number of carbonyl (C=O) groups excluding carboxylic acids is 1. The Morgan fingerprint density at radius 3 is 2.81 bits per heavy atom. The molecule has 1 N–H and O–H groups in total. The fourth-order valence-electron chi connectivity index (χ4n) is 3.06. The van der Waals surface area contributed by atoms with Crippen LogP contribution in [0.2, 0.25) is 5.02 Å². The van der Waals surface area contributed by atoms with E-state index in [9.17, 15) is 13.2 Å². The first kappa shape index (κ1) is 20.3. The van der Waals surface area contributed by atoms with Gasteiger partial charge in [-0.2, -0.15) is 0 Å². The van der Waals surface area contributed by atoms with E-state index in [2.05, 4.69) is 17.2 Å². The lowest BCUT2D eigenvalue weighted by Gasteiger charge is -2.18. The number of halogens is 1. The molecule has 0 radical (unpaired) electrons. The van der Waals surface area contributed by atoms with Gasteiger partial charge in [-0.15, -0.1) is 11.3 Å². The number of nitrogens with one attached hydrogen (secondary N) is 1. The van der Waals surface area contributed by atoms with Gasteiger partial charge in [0.15, 0.2) is 5.13 Å². The molecule has 146 valence electrons. The first-order valence-corrected chi connectivity index (χ1v) is 11.4. The molecule has 3 rings (SSSR count). The number of anilines is 1. The summed E-state index contributed by atoms with van der Waals surface area (Å²) in [5.74, 6) is 0.206. The molecule has 0 saturated heterocycles. The van der Waals surface area contributed by atoms with Crippen LogP contribution in [0.15, 0.2) is 23.1 Å². The van der Waals surface area contributed by atoms with Crippen LogP contribution in [-0.4, -0.2) is 37.7 Å². The van der Waals surface area contributed by atoms with Gasteiger partial charge in [0.2, 0.25) is 10.0 Å². The van der Waals surface area contributed by atoms with Gasteiger partial charge in [-0.1, -0.05) is 24.9 Å². The number of carbonyl (C=O) groups is 1. The number of amides is 1. The second-order valence-electron chi connectivity index (χ2n) is 6.79. The predicted molar refractivity (Wildman–Crippen MR) is 108 cm³/mol. The molecule has 2 aromatic rings. The average Bonchev–Trinajstić information content (AvgIpc) is 3.02. The van der Waals surface area contributed by atoms with E-state index < -0.39 is 15.9 Å². The highest BCUT2D eigenvalue weighted by Crippen LogP contribution is 2.34. The molecule has 1 aromatic carbocycles. The summed E-state index contributed by atoms with van der Waals surface area (Å²) in [6, 6.07) is 4.11. The van der Waals surface area contributed by atoms with Gasteiger partial charge < -0.3 is 0 Å².